The molecule has 1 amide bonds. The Bertz CT molecular complexity index is 1360. The fraction of sp³-hybridized carbons (Fsp3) is 0.333. The van der Waals surface area contributed by atoms with Crippen LogP contribution >= 0.6 is 23.1 Å². The number of anilines is 2. The largest absolute Gasteiger partial charge is 0.383 e. The van der Waals surface area contributed by atoms with Crippen LogP contribution in [0.3, 0.4) is 0 Å². The number of thioether (sulfide) groups is 1. The van der Waals surface area contributed by atoms with Crippen LogP contribution in [0.5, 0.6) is 0 Å². The molecule has 7 nitrogen and oxygen atoms in total. The molecule has 0 saturated carbocycles. The Hall–Kier alpha value is -2.91. The molecule has 1 aromatic carbocycles. The van der Waals surface area contributed by atoms with Crippen LogP contribution in [0.1, 0.15) is 40.2 Å². The summed E-state index contributed by atoms with van der Waals surface area (Å²) in [6.45, 7) is 5.91. The Kier molecular flexibility index (Phi) is 5.84. The van der Waals surface area contributed by atoms with Crippen molar-refractivity contribution in [2.75, 3.05) is 16.8 Å². The van der Waals surface area contributed by atoms with Crippen LogP contribution in [0.15, 0.2) is 29.4 Å². The standard InChI is InChI=1S/C24H26N6OS2/c1-13-8-10-16(11-9-13)30-15(3)21(14(2)29-30)26-19(31)12-32-24-27-22(25)20-17-6-4-5-7-18(17)33-23(20)28-24/h8-11H,4-7,12H2,1-3H3,(H,26,31)(H2,25,27,28). The quantitative estimate of drug-likeness (QED) is 0.310. The van der Waals surface area contributed by atoms with Crippen molar-refractivity contribution < 1.29 is 4.79 Å². The lowest BCUT2D eigenvalue weighted by atomic mass is 9.97. The van der Waals surface area contributed by atoms with Crippen LogP contribution in [0.25, 0.3) is 15.9 Å². The first kappa shape index (κ1) is 21.9. The number of hydrogen-bond donors (Lipinski definition) is 2. The Morgan fingerprint density at radius 3 is 2.70 bits per heavy atom. The van der Waals surface area contributed by atoms with Crippen molar-refractivity contribution in [2.45, 2.75) is 51.6 Å². The fourth-order valence-electron chi connectivity index (χ4n) is 4.30. The highest BCUT2D eigenvalue weighted by Crippen LogP contribution is 2.38. The van der Waals surface area contributed by atoms with Crippen molar-refractivity contribution in [1.29, 1.82) is 0 Å². The lowest BCUT2D eigenvalue weighted by molar-refractivity contribution is -0.113. The number of hydrogen-bond acceptors (Lipinski definition) is 7. The Balaban J connectivity index is 1.30. The molecule has 4 aromatic rings. The van der Waals surface area contributed by atoms with E-state index in [1.165, 1.54) is 40.6 Å². The number of nitrogens with zero attached hydrogens (tertiary/aromatic N) is 4. The second-order valence-electron chi connectivity index (χ2n) is 8.41. The highest BCUT2D eigenvalue weighted by molar-refractivity contribution is 7.99. The average Bonchev–Trinajstić information content (AvgIpc) is 3.31. The molecule has 0 bridgehead atoms. The zero-order valence-electron chi connectivity index (χ0n) is 18.9. The molecule has 0 aliphatic heterocycles. The molecule has 170 valence electrons. The third-order valence-corrected chi connectivity index (χ3v) is 8.02. The lowest BCUT2D eigenvalue weighted by Crippen LogP contribution is -2.15. The zero-order chi connectivity index (χ0) is 23.1. The summed E-state index contributed by atoms with van der Waals surface area (Å²) in [5, 5.41) is 9.18. The number of carbonyl (C=O) groups is 1. The van der Waals surface area contributed by atoms with E-state index in [-0.39, 0.29) is 11.7 Å². The number of nitrogen functional groups attached to an aromatic ring is 1. The van der Waals surface area contributed by atoms with Crippen LogP contribution in [-0.4, -0.2) is 31.4 Å². The predicted molar refractivity (Wildman–Crippen MR) is 136 cm³/mol. The van der Waals surface area contributed by atoms with E-state index in [1.807, 2.05) is 42.8 Å². The summed E-state index contributed by atoms with van der Waals surface area (Å²) >= 11 is 3.02. The van der Waals surface area contributed by atoms with Gasteiger partial charge in [-0.3, -0.25) is 4.79 Å². The van der Waals surface area contributed by atoms with Crippen LogP contribution < -0.4 is 11.1 Å². The van der Waals surface area contributed by atoms with Crippen molar-refractivity contribution >= 4 is 50.7 Å². The zero-order valence-corrected chi connectivity index (χ0v) is 20.6. The Labute approximate surface area is 200 Å². The molecule has 5 rings (SSSR count). The number of amides is 1. The molecule has 1 aliphatic rings. The van der Waals surface area contributed by atoms with Crippen molar-refractivity contribution in [3.8, 4) is 5.69 Å². The van der Waals surface area contributed by atoms with Gasteiger partial charge in [0.1, 0.15) is 10.6 Å². The van der Waals surface area contributed by atoms with Crippen molar-refractivity contribution in [3.63, 3.8) is 0 Å². The van der Waals surface area contributed by atoms with Crippen LogP contribution in [-0.2, 0) is 17.6 Å². The molecule has 9 heteroatoms. The van der Waals surface area contributed by atoms with E-state index in [0.29, 0.717) is 11.0 Å². The molecule has 3 aromatic heterocycles. The van der Waals surface area contributed by atoms with Gasteiger partial charge in [0.25, 0.3) is 0 Å². The number of carbonyl (C=O) groups excluding carboxylic acids is 1. The second-order valence-corrected chi connectivity index (χ2v) is 10.4. The average molecular weight is 479 g/mol. The lowest BCUT2D eigenvalue weighted by Gasteiger charge is -2.10. The van der Waals surface area contributed by atoms with E-state index < -0.39 is 0 Å². The van der Waals surface area contributed by atoms with Gasteiger partial charge in [0.15, 0.2) is 5.16 Å². The maximum absolute atomic E-state index is 12.7. The maximum atomic E-state index is 12.7. The van der Waals surface area contributed by atoms with Crippen LogP contribution in [0, 0.1) is 20.8 Å². The van der Waals surface area contributed by atoms with Gasteiger partial charge in [0, 0.05) is 4.88 Å². The second kappa shape index (κ2) is 8.79. The molecule has 1 aliphatic carbocycles. The minimum Gasteiger partial charge on any atom is -0.383 e. The third-order valence-electron chi connectivity index (χ3n) is 5.99. The number of nitrogens with one attached hydrogen (secondary N) is 1. The van der Waals surface area contributed by atoms with Gasteiger partial charge >= 0.3 is 0 Å². The molecule has 3 heterocycles. The van der Waals surface area contributed by atoms with E-state index in [0.717, 1.165) is 45.8 Å². The predicted octanol–water partition coefficient (Wildman–Crippen LogP) is 4.99. The third kappa shape index (κ3) is 4.22. The number of benzene rings is 1. The molecular formula is C24H26N6OS2. The highest BCUT2D eigenvalue weighted by Gasteiger charge is 2.21. The maximum Gasteiger partial charge on any atom is 0.234 e. The van der Waals surface area contributed by atoms with E-state index in [4.69, 9.17) is 10.7 Å². The summed E-state index contributed by atoms with van der Waals surface area (Å²) in [5.74, 6) is 0.598. The summed E-state index contributed by atoms with van der Waals surface area (Å²) in [7, 11) is 0. The van der Waals surface area contributed by atoms with Gasteiger partial charge in [-0.2, -0.15) is 5.10 Å². The smallest absolute Gasteiger partial charge is 0.234 e. The van der Waals surface area contributed by atoms with Gasteiger partial charge in [-0.25, -0.2) is 14.6 Å². The van der Waals surface area contributed by atoms with Gasteiger partial charge < -0.3 is 11.1 Å². The number of thiophene rings is 1. The van der Waals surface area contributed by atoms with Crippen molar-refractivity contribution in [3.05, 3.63) is 51.7 Å². The first-order chi connectivity index (χ1) is 15.9. The topological polar surface area (TPSA) is 98.7 Å². The van der Waals surface area contributed by atoms with Crippen molar-refractivity contribution in [2.24, 2.45) is 0 Å². The van der Waals surface area contributed by atoms with E-state index >= 15 is 0 Å². The minimum absolute atomic E-state index is 0.123. The van der Waals surface area contributed by atoms with Gasteiger partial charge in [-0.05, 0) is 64.2 Å². The molecular weight excluding hydrogens is 452 g/mol. The summed E-state index contributed by atoms with van der Waals surface area (Å²) < 4.78 is 1.85. The highest BCUT2D eigenvalue weighted by atomic mass is 32.2. The fourth-order valence-corrected chi connectivity index (χ4v) is 6.27. The Morgan fingerprint density at radius 2 is 1.91 bits per heavy atom. The molecule has 0 radical (unpaired) electrons. The Morgan fingerprint density at radius 1 is 1.15 bits per heavy atom. The number of rotatable bonds is 5. The monoisotopic (exact) mass is 478 g/mol. The molecule has 0 saturated heterocycles. The number of nitrogens with two attached hydrogens (primary N) is 1. The molecule has 3 N–H and O–H groups in total. The van der Waals surface area contributed by atoms with E-state index in [1.54, 1.807) is 11.3 Å². The molecule has 33 heavy (non-hydrogen) atoms. The molecule has 0 atom stereocenters. The van der Waals surface area contributed by atoms with E-state index in [2.05, 4.69) is 22.3 Å². The van der Waals surface area contributed by atoms with Gasteiger partial charge in [0.05, 0.1) is 33.9 Å². The first-order valence-corrected chi connectivity index (χ1v) is 12.8. The molecule has 0 fully saturated rings. The number of fused-ring (bicyclic) bond motifs is 3. The summed E-state index contributed by atoms with van der Waals surface area (Å²) in [6.07, 6.45) is 4.55. The summed E-state index contributed by atoms with van der Waals surface area (Å²) in [6, 6.07) is 8.15. The molecule has 0 spiro atoms. The minimum atomic E-state index is -0.123. The van der Waals surface area contributed by atoms with Crippen LogP contribution in [0.2, 0.25) is 0 Å². The van der Waals surface area contributed by atoms with Crippen molar-refractivity contribution in [1.82, 2.24) is 19.7 Å². The van der Waals surface area contributed by atoms with Crippen LogP contribution in [0.4, 0.5) is 11.5 Å². The number of aryl methyl sites for hydroxylation is 4. The first-order valence-electron chi connectivity index (χ1n) is 11.0. The van der Waals surface area contributed by atoms with Gasteiger partial charge in [0.2, 0.25) is 5.91 Å². The SMILES string of the molecule is Cc1ccc(-n2nc(C)c(NC(=O)CSc3nc(N)c4c5c(sc4n3)CCCC5)c2C)cc1. The van der Waals surface area contributed by atoms with Gasteiger partial charge in [-0.15, -0.1) is 11.3 Å². The normalized spacial score (nSPS) is 13.3. The molecule has 0 unspecified atom stereocenters. The summed E-state index contributed by atoms with van der Waals surface area (Å²) in [5.41, 5.74) is 12.2. The van der Waals surface area contributed by atoms with Gasteiger partial charge in [-0.1, -0.05) is 29.5 Å². The van der Waals surface area contributed by atoms with E-state index in [9.17, 15) is 4.79 Å². The summed E-state index contributed by atoms with van der Waals surface area (Å²) in [4.78, 5) is 24.2. The number of aromatic nitrogens is 4.